The molecule has 0 aliphatic carbocycles. The minimum absolute atomic E-state index is 0.234. The second-order valence-corrected chi connectivity index (χ2v) is 6.44. The van der Waals surface area contributed by atoms with Gasteiger partial charge in [-0.05, 0) is 37.1 Å². The highest BCUT2D eigenvalue weighted by Crippen LogP contribution is 2.27. The number of halogens is 2. The lowest BCUT2D eigenvalue weighted by Crippen LogP contribution is -2.35. The average molecular weight is 290 g/mol. The van der Waals surface area contributed by atoms with Crippen LogP contribution in [0.15, 0.2) is 29.2 Å². The van der Waals surface area contributed by atoms with Gasteiger partial charge in [0.05, 0.1) is 4.90 Å². The highest BCUT2D eigenvalue weighted by atomic mass is 32.2. The summed E-state index contributed by atoms with van der Waals surface area (Å²) >= 11 is 0. The van der Waals surface area contributed by atoms with Crippen LogP contribution in [0.4, 0.5) is 14.5 Å². The highest BCUT2D eigenvalue weighted by Gasteiger charge is 2.27. The molecule has 1 heterocycles. The molecule has 1 fully saturated rings. The van der Waals surface area contributed by atoms with Crippen molar-refractivity contribution in [2.24, 2.45) is 5.73 Å². The van der Waals surface area contributed by atoms with E-state index in [9.17, 15) is 17.2 Å². The summed E-state index contributed by atoms with van der Waals surface area (Å²) in [6.45, 7) is 1.37. The molecular weight excluding hydrogens is 274 g/mol. The monoisotopic (exact) mass is 290 g/mol. The number of hydrogen-bond donors (Lipinski definition) is 1. The third-order valence-electron chi connectivity index (χ3n) is 3.38. The van der Waals surface area contributed by atoms with E-state index in [0.29, 0.717) is 6.54 Å². The van der Waals surface area contributed by atoms with Crippen LogP contribution in [0.25, 0.3) is 0 Å². The minimum atomic E-state index is -4.51. The molecule has 1 aliphatic heterocycles. The van der Waals surface area contributed by atoms with Gasteiger partial charge in [-0.3, -0.25) is 0 Å². The number of nitrogens with two attached hydrogens (primary N) is 1. The van der Waals surface area contributed by atoms with Crippen molar-refractivity contribution in [1.82, 2.24) is 0 Å². The molecule has 0 bridgehead atoms. The Labute approximate surface area is 111 Å². The summed E-state index contributed by atoms with van der Waals surface area (Å²) < 4.78 is 47.4. The largest absolute Gasteiger partial charge is 0.367 e. The molecule has 1 aromatic rings. The van der Waals surface area contributed by atoms with Crippen LogP contribution in [-0.2, 0) is 9.84 Å². The lowest BCUT2D eigenvalue weighted by atomic mass is 10.2. The van der Waals surface area contributed by atoms with Crippen LogP contribution in [0.1, 0.15) is 12.8 Å². The van der Waals surface area contributed by atoms with Gasteiger partial charge in [0.2, 0.25) is 9.84 Å². The molecule has 1 unspecified atom stereocenters. The van der Waals surface area contributed by atoms with Gasteiger partial charge < -0.3 is 10.6 Å². The highest BCUT2D eigenvalue weighted by molar-refractivity contribution is 7.91. The van der Waals surface area contributed by atoms with Crippen LogP contribution in [0.2, 0.25) is 0 Å². The van der Waals surface area contributed by atoms with E-state index >= 15 is 0 Å². The van der Waals surface area contributed by atoms with E-state index in [2.05, 4.69) is 4.90 Å². The van der Waals surface area contributed by atoms with E-state index < -0.39 is 15.6 Å². The van der Waals surface area contributed by atoms with Gasteiger partial charge in [-0.1, -0.05) is 0 Å². The predicted molar refractivity (Wildman–Crippen MR) is 69.1 cm³/mol. The Balaban J connectivity index is 2.24. The molecule has 1 aliphatic rings. The van der Waals surface area contributed by atoms with Gasteiger partial charge in [0.25, 0.3) is 0 Å². The van der Waals surface area contributed by atoms with E-state index in [1.165, 1.54) is 12.1 Å². The fraction of sp³-hybridized carbons (Fsp3) is 0.500. The predicted octanol–water partition coefficient (Wildman–Crippen LogP) is 1.61. The molecule has 7 heteroatoms. The molecule has 106 valence electrons. The van der Waals surface area contributed by atoms with Gasteiger partial charge in [-0.2, -0.15) is 8.78 Å². The van der Waals surface area contributed by atoms with Crippen molar-refractivity contribution in [3.05, 3.63) is 24.3 Å². The van der Waals surface area contributed by atoms with E-state index in [0.717, 1.165) is 25.1 Å². The first-order valence-electron chi connectivity index (χ1n) is 6.05. The Morgan fingerprint density at radius 1 is 1.32 bits per heavy atom. The molecule has 1 atom stereocenters. The molecule has 2 N–H and O–H groups in total. The number of rotatable bonds is 4. The average Bonchev–Trinajstić information content (AvgIpc) is 2.87. The lowest BCUT2D eigenvalue weighted by molar-refractivity contribution is 0.234. The van der Waals surface area contributed by atoms with Crippen molar-refractivity contribution in [3.63, 3.8) is 0 Å². The van der Waals surface area contributed by atoms with Crippen molar-refractivity contribution < 1.29 is 17.2 Å². The van der Waals surface area contributed by atoms with Crippen LogP contribution in [0.3, 0.4) is 0 Å². The maximum absolute atomic E-state index is 12.4. The maximum Gasteiger partial charge on any atom is 0.341 e. The van der Waals surface area contributed by atoms with Gasteiger partial charge in [0.15, 0.2) is 0 Å². The summed E-state index contributed by atoms with van der Waals surface area (Å²) in [5.74, 6) is -3.39. The molecule has 1 aromatic carbocycles. The summed E-state index contributed by atoms with van der Waals surface area (Å²) in [6.07, 6.45) is 2.02. The zero-order chi connectivity index (χ0) is 14.0. The van der Waals surface area contributed by atoms with Crippen LogP contribution in [0.5, 0.6) is 0 Å². The molecule has 2 rings (SSSR count). The number of hydrogen-bond acceptors (Lipinski definition) is 4. The van der Waals surface area contributed by atoms with Gasteiger partial charge in [-0.25, -0.2) is 8.42 Å². The standard InChI is InChI=1S/C12H16F2N2O2S/c13-12(14)19(17,18)11-5-3-9(4-6-11)16-7-1-2-10(16)8-15/h3-6,10,12H,1-2,7-8,15H2. The third-order valence-corrected chi connectivity index (χ3v) is 4.78. The molecule has 1 saturated heterocycles. The first-order chi connectivity index (χ1) is 8.96. The summed E-state index contributed by atoms with van der Waals surface area (Å²) in [5, 5.41) is 0. The van der Waals surface area contributed by atoms with Crippen molar-refractivity contribution in [2.45, 2.75) is 29.5 Å². The molecule has 0 amide bonds. The summed E-state index contributed by atoms with van der Waals surface area (Å²) in [7, 11) is -4.51. The fourth-order valence-electron chi connectivity index (χ4n) is 2.35. The molecule has 0 radical (unpaired) electrons. The van der Waals surface area contributed by atoms with Gasteiger partial charge >= 0.3 is 5.76 Å². The van der Waals surface area contributed by atoms with E-state index in [4.69, 9.17) is 5.73 Å². The number of benzene rings is 1. The van der Waals surface area contributed by atoms with E-state index in [1.54, 1.807) is 12.1 Å². The smallest absolute Gasteiger partial charge is 0.341 e. The van der Waals surface area contributed by atoms with Crippen molar-refractivity contribution in [3.8, 4) is 0 Å². The van der Waals surface area contributed by atoms with Crippen molar-refractivity contribution in [2.75, 3.05) is 18.0 Å². The zero-order valence-electron chi connectivity index (χ0n) is 10.3. The SMILES string of the molecule is NCC1CCCN1c1ccc(S(=O)(=O)C(F)F)cc1. The molecule has 0 spiro atoms. The van der Waals surface area contributed by atoms with Gasteiger partial charge in [0.1, 0.15) is 0 Å². The normalized spacial score (nSPS) is 20.2. The molecule has 19 heavy (non-hydrogen) atoms. The minimum Gasteiger partial charge on any atom is -0.367 e. The van der Waals surface area contributed by atoms with E-state index in [-0.39, 0.29) is 10.9 Å². The Morgan fingerprint density at radius 3 is 2.47 bits per heavy atom. The number of anilines is 1. The molecule has 4 nitrogen and oxygen atoms in total. The van der Waals surface area contributed by atoms with Crippen molar-refractivity contribution >= 4 is 15.5 Å². The number of alkyl halides is 2. The second-order valence-electron chi connectivity index (χ2n) is 4.52. The first-order valence-corrected chi connectivity index (χ1v) is 7.60. The maximum atomic E-state index is 12.4. The first kappa shape index (κ1) is 14.2. The van der Waals surface area contributed by atoms with Crippen LogP contribution >= 0.6 is 0 Å². The molecule has 0 saturated carbocycles. The van der Waals surface area contributed by atoms with Crippen LogP contribution < -0.4 is 10.6 Å². The Hall–Kier alpha value is -1.21. The Kier molecular flexibility index (Phi) is 4.05. The topological polar surface area (TPSA) is 63.4 Å². The Morgan fingerprint density at radius 2 is 1.95 bits per heavy atom. The molecule has 0 aromatic heterocycles. The van der Waals surface area contributed by atoms with E-state index in [1.807, 2.05) is 0 Å². The fourth-order valence-corrected chi connectivity index (χ4v) is 3.07. The number of nitrogens with zero attached hydrogens (tertiary/aromatic N) is 1. The van der Waals surface area contributed by atoms with Gasteiger partial charge in [0, 0.05) is 24.8 Å². The Bertz CT molecular complexity index is 531. The number of sulfone groups is 1. The second kappa shape index (κ2) is 5.42. The summed E-state index contributed by atoms with van der Waals surface area (Å²) in [4.78, 5) is 1.73. The van der Waals surface area contributed by atoms with Gasteiger partial charge in [-0.15, -0.1) is 0 Å². The zero-order valence-corrected chi connectivity index (χ0v) is 11.1. The summed E-state index contributed by atoms with van der Waals surface area (Å²) in [5.41, 5.74) is 6.48. The molecular formula is C12H16F2N2O2S. The lowest BCUT2D eigenvalue weighted by Gasteiger charge is -2.25. The quantitative estimate of drug-likeness (QED) is 0.915. The summed E-state index contributed by atoms with van der Waals surface area (Å²) in [6, 6.07) is 5.80. The van der Waals surface area contributed by atoms with Crippen molar-refractivity contribution in [1.29, 1.82) is 0 Å². The van der Waals surface area contributed by atoms with Crippen LogP contribution in [-0.4, -0.2) is 33.3 Å². The third kappa shape index (κ3) is 2.71. The van der Waals surface area contributed by atoms with Crippen LogP contribution in [0, 0.1) is 0 Å².